The number of aryl methyl sites for hydroxylation is 1. The average Bonchev–Trinajstić information content (AvgIpc) is 2.72. The van der Waals surface area contributed by atoms with Crippen molar-refractivity contribution in [3.05, 3.63) is 35.5 Å². The second-order valence-electron chi connectivity index (χ2n) is 5.46. The van der Waals surface area contributed by atoms with Crippen LogP contribution >= 0.6 is 0 Å². The maximum Gasteiger partial charge on any atom is 0.211 e. The molecule has 20 heavy (non-hydrogen) atoms. The molecule has 3 rings (SSSR count). The van der Waals surface area contributed by atoms with Gasteiger partial charge in [0.2, 0.25) is 10.0 Å². The van der Waals surface area contributed by atoms with Crippen molar-refractivity contribution in [3.63, 3.8) is 0 Å². The number of aromatic nitrogens is 1. The van der Waals surface area contributed by atoms with Gasteiger partial charge in [0.25, 0.3) is 0 Å². The van der Waals surface area contributed by atoms with Gasteiger partial charge in [-0.3, -0.25) is 0 Å². The highest BCUT2D eigenvalue weighted by Gasteiger charge is 2.26. The number of hydrogen-bond donors (Lipinski definition) is 1. The second kappa shape index (κ2) is 4.90. The fraction of sp³-hybridized carbons (Fsp3) is 0.467. The van der Waals surface area contributed by atoms with Crippen LogP contribution in [0.15, 0.2) is 24.3 Å². The topological polar surface area (TPSA) is 51.1 Å². The van der Waals surface area contributed by atoms with Crippen LogP contribution in [-0.4, -0.2) is 24.8 Å². The van der Waals surface area contributed by atoms with Gasteiger partial charge in [-0.2, -0.15) is 0 Å². The van der Waals surface area contributed by atoms with Crippen LogP contribution in [0.3, 0.4) is 0 Å². The highest BCUT2D eigenvalue weighted by atomic mass is 32.2. The molecule has 108 valence electrons. The van der Waals surface area contributed by atoms with Gasteiger partial charge < -0.3 is 4.57 Å². The fourth-order valence-electron chi connectivity index (χ4n) is 3.17. The quantitative estimate of drug-likeness (QED) is 0.940. The zero-order valence-corrected chi connectivity index (χ0v) is 12.7. The van der Waals surface area contributed by atoms with E-state index in [4.69, 9.17) is 0 Å². The number of hydrogen-bond acceptors (Lipinski definition) is 2. The van der Waals surface area contributed by atoms with Gasteiger partial charge in [0.1, 0.15) is 0 Å². The summed E-state index contributed by atoms with van der Waals surface area (Å²) in [5, 5.41) is 1.25. The lowest BCUT2D eigenvalue weighted by Crippen LogP contribution is -2.39. The minimum Gasteiger partial charge on any atom is -0.347 e. The zero-order valence-electron chi connectivity index (χ0n) is 11.9. The number of fused-ring (bicyclic) bond motifs is 3. The van der Waals surface area contributed by atoms with Crippen molar-refractivity contribution < 1.29 is 8.42 Å². The Hall–Kier alpha value is -1.33. The van der Waals surface area contributed by atoms with Gasteiger partial charge in [-0.1, -0.05) is 18.2 Å². The van der Waals surface area contributed by atoms with Gasteiger partial charge in [-0.15, -0.1) is 0 Å². The van der Waals surface area contributed by atoms with Crippen molar-refractivity contribution in [2.45, 2.75) is 32.2 Å². The van der Waals surface area contributed by atoms with E-state index >= 15 is 0 Å². The van der Waals surface area contributed by atoms with Gasteiger partial charge in [0.15, 0.2) is 0 Å². The summed E-state index contributed by atoms with van der Waals surface area (Å²) in [4.78, 5) is 0. The molecule has 1 aliphatic carbocycles. The first-order chi connectivity index (χ1) is 9.52. The van der Waals surface area contributed by atoms with Crippen molar-refractivity contribution >= 4 is 20.9 Å². The van der Waals surface area contributed by atoms with E-state index in [1.807, 2.05) is 12.1 Å². The molecule has 0 saturated heterocycles. The molecular formula is C15H20N2O2S. The van der Waals surface area contributed by atoms with Crippen LogP contribution in [0.25, 0.3) is 10.9 Å². The van der Waals surface area contributed by atoms with Crippen LogP contribution in [0, 0.1) is 0 Å². The third-order valence-corrected chi connectivity index (χ3v) is 5.70. The number of nitrogens with zero attached hydrogens (tertiary/aromatic N) is 1. The molecule has 1 unspecified atom stereocenters. The van der Waals surface area contributed by atoms with Crippen LogP contribution in [-0.2, 0) is 29.9 Å². The molecule has 2 aromatic rings. The summed E-state index contributed by atoms with van der Waals surface area (Å²) in [6, 6.07) is 8.37. The molecule has 1 heterocycles. The van der Waals surface area contributed by atoms with E-state index < -0.39 is 10.0 Å². The minimum absolute atomic E-state index is 0.0262. The molecule has 0 fully saturated rings. The van der Waals surface area contributed by atoms with Crippen LogP contribution in [0.4, 0.5) is 0 Å². The smallest absolute Gasteiger partial charge is 0.211 e. The molecule has 5 heteroatoms. The molecule has 1 N–H and O–H groups in total. The predicted molar refractivity (Wildman–Crippen MR) is 81.3 cm³/mol. The average molecular weight is 292 g/mol. The molecule has 1 aliphatic rings. The van der Waals surface area contributed by atoms with Crippen molar-refractivity contribution in [2.75, 3.05) is 5.75 Å². The van der Waals surface area contributed by atoms with E-state index in [-0.39, 0.29) is 11.8 Å². The molecule has 0 saturated carbocycles. The molecule has 4 nitrogen and oxygen atoms in total. The normalized spacial score (nSPS) is 19.2. The third kappa shape index (κ3) is 2.25. The van der Waals surface area contributed by atoms with Crippen LogP contribution < -0.4 is 4.72 Å². The second-order valence-corrected chi connectivity index (χ2v) is 7.50. The van der Waals surface area contributed by atoms with Gasteiger partial charge in [0.05, 0.1) is 5.75 Å². The molecule has 1 aromatic heterocycles. The monoisotopic (exact) mass is 292 g/mol. The summed E-state index contributed by atoms with van der Waals surface area (Å²) in [6.45, 7) is 1.68. The van der Waals surface area contributed by atoms with E-state index in [0.717, 1.165) is 19.3 Å². The Balaban J connectivity index is 1.97. The summed E-state index contributed by atoms with van der Waals surface area (Å²) in [6.07, 6.45) is 2.59. The van der Waals surface area contributed by atoms with E-state index in [1.165, 1.54) is 22.2 Å². The minimum atomic E-state index is -3.12. The standard InChI is InChI=1S/C15H20N2O2S/c1-3-20(18,19)16-11-8-9-15-13(10-11)12-6-4-5-7-14(12)17(15)2/h4-7,11,16H,3,8-10H2,1-2H3. The molecule has 0 radical (unpaired) electrons. The van der Waals surface area contributed by atoms with Crippen LogP contribution in [0.2, 0.25) is 0 Å². The maximum absolute atomic E-state index is 11.7. The van der Waals surface area contributed by atoms with Crippen molar-refractivity contribution in [1.29, 1.82) is 0 Å². The van der Waals surface area contributed by atoms with Crippen molar-refractivity contribution in [1.82, 2.24) is 9.29 Å². The first-order valence-corrected chi connectivity index (χ1v) is 8.72. The SMILES string of the molecule is CCS(=O)(=O)NC1CCc2c(c3ccccc3n2C)C1. The van der Waals surface area contributed by atoms with Gasteiger partial charge in [0, 0.05) is 29.7 Å². The summed E-state index contributed by atoms with van der Waals surface area (Å²) in [5.41, 5.74) is 3.88. The van der Waals surface area contributed by atoms with Gasteiger partial charge in [-0.25, -0.2) is 13.1 Å². The van der Waals surface area contributed by atoms with Crippen molar-refractivity contribution in [3.8, 4) is 0 Å². The lowest BCUT2D eigenvalue weighted by atomic mass is 9.92. The number of benzene rings is 1. The Kier molecular flexibility index (Phi) is 3.34. The Morgan fingerprint density at radius 3 is 2.85 bits per heavy atom. The van der Waals surface area contributed by atoms with E-state index in [9.17, 15) is 8.42 Å². The summed E-state index contributed by atoms with van der Waals surface area (Å²) < 4.78 is 28.5. The Labute approximate surface area is 119 Å². The Bertz CT molecular complexity index is 747. The fourth-order valence-corrected chi connectivity index (χ4v) is 4.04. The first kappa shape index (κ1) is 13.6. The molecule has 1 aromatic carbocycles. The first-order valence-electron chi connectivity index (χ1n) is 7.07. The summed E-state index contributed by atoms with van der Waals surface area (Å²) in [7, 11) is -1.03. The van der Waals surface area contributed by atoms with Crippen LogP contribution in [0.1, 0.15) is 24.6 Å². The number of para-hydroxylation sites is 1. The van der Waals surface area contributed by atoms with Gasteiger partial charge in [-0.05, 0) is 37.8 Å². The molecule has 0 aliphatic heterocycles. The highest BCUT2D eigenvalue weighted by Crippen LogP contribution is 2.31. The molecular weight excluding hydrogens is 272 g/mol. The number of sulfonamides is 1. The molecule has 0 bridgehead atoms. The molecule has 1 atom stereocenters. The number of nitrogens with one attached hydrogen (secondary N) is 1. The lowest BCUT2D eigenvalue weighted by Gasteiger charge is -2.24. The summed E-state index contributed by atoms with van der Waals surface area (Å²) in [5.74, 6) is 0.145. The highest BCUT2D eigenvalue weighted by molar-refractivity contribution is 7.89. The lowest BCUT2D eigenvalue weighted by molar-refractivity contribution is 0.502. The molecule has 0 amide bonds. The third-order valence-electron chi connectivity index (χ3n) is 4.25. The van der Waals surface area contributed by atoms with Crippen molar-refractivity contribution in [2.24, 2.45) is 7.05 Å². The van der Waals surface area contributed by atoms with E-state index in [0.29, 0.717) is 0 Å². The van der Waals surface area contributed by atoms with Crippen LogP contribution in [0.5, 0.6) is 0 Å². The largest absolute Gasteiger partial charge is 0.347 e. The Morgan fingerprint density at radius 2 is 2.10 bits per heavy atom. The van der Waals surface area contributed by atoms with E-state index in [1.54, 1.807) is 6.92 Å². The molecule has 0 spiro atoms. The van der Waals surface area contributed by atoms with E-state index in [2.05, 4.69) is 28.5 Å². The van der Waals surface area contributed by atoms with Gasteiger partial charge >= 0.3 is 0 Å². The maximum atomic E-state index is 11.7. The Morgan fingerprint density at radius 1 is 1.35 bits per heavy atom. The number of rotatable bonds is 3. The zero-order chi connectivity index (χ0) is 14.3. The predicted octanol–water partition coefficient (Wildman–Crippen LogP) is 1.97. The summed E-state index contributed by atoms with van der Waals surface area (Å²) >= 11 is 0.